The van der Waals surface area contributed by atoms with Crippen LogP contribution in [0.5, 0.6) is 0 Å². The number of benzene rings is 4. The highest BCUT2D eigenvalue weighted by atomic mass is 15.2. The summed E-state index contributed by atoms with van der Waals surface area (Å²) in [7, 11) is 0. The molecule has 0 spiro atoms. The van der Waals surface area contributed by atoms with Gasteiger partial charge in [-0.1, -0.05) is 119 Å². The molecule has 0 amide bonds. The Balaban J connectivity index is 1.43. The average molecular weight is 693 g/mol. The summed E-state index contributed by atoms with van der Waals surface area (Å²) in [4.78, 5) is 0. The summed E-state index contributed by atoms with van der Waals surface area (Å²) in [5, 5.41) is 0. The van der Waals surface area contributed by atoms with Crippen molar-refractivity contribution in [1.29, 1.82) is 0 Å². The van der Waals surface area contributed by atoms with E-state index >= 15 is 0 Å². The van der Waals surface area contributed by atoms with Gasteiger partial charge in [-0.05, 0) is 98.5 Å². The van der Waals surface area contributed by atoms with E-state index in [4.69, 9.17) is 0 Å². The molecule has 4 heteroatoms. The van der Waals surface area contributed by atoms with Crippen molar-refractivity contribution < 1.29 is 0 Å². The van der Waals surface area contributed by atoms with Crippen molar-refractivity contribution in [1.82, 2.24) is 17.6 Å². The van der Waals surface area contributed by atoms with Gasteiger partial charge in [0.05, 0.1) is 44.1 Å². The lowest BCUT2D eigenvalue weighted by Gasteiger charge is -2.16. The standard InChI is InChI=1S/C50H36N4/c1-29-5-13-33(14-6-29)45-37-21-25-41-47(35-17-9-31(3)10-18-35)43-27-23-39-46(34-15-7-30(2)8-16-34)40-24-28-44-48(36-19-11-32(4)12-20-36)42-26-22-38(45)52(42)49(51(37)41)50(53(39)43)54(40)44/h5-28H,1-4H3. The minimum atomic E-state index is 1.15. The molecular formula is C50H36N4. The van der Waals surface area contributed by atoms with Crippen LogP contribution in [-0.4, -0.2) is 17.6 Å². The average Bonchev–Trinajstić information content (AvgIpc) is 3.98. The molecule has 8 aromatic heterocycles. The molecule has 12 rings (SSSR count). The van der Waals surface area contributed by atoms with Gasteiger partial charge in [0.25, 0.3) is 0 Å². The molecule has 8 heterocycles. The highest BCUT2D eigenvalue weighted by Crippen LogP contribution is 2.47. The second kappa shape index (κ2) is 10.4. The molecule has 0 saturated carbocycles. The first kappa shape index (κ1) is 29.8. The van der Waals surface area contributed by atoms with Crippen LogP contribution in [0.25, 0.3) is 99.9 Å². The third-order valence-electron chi connectivity index (χ3n) is 12.0. The van der Waals surface area contributed by atoms with Crippen molar-refractivity contribution in [2.75, 3.05) is 0 Å². The number of aryl methyl sites for hydroxylation is 4. The van der Waals surface area contributed by atoms with E-state index in [9.17, 15) is 0 Å². The van der Waals surface area contributed by atoms with Crippen molar-refractivity contribution in [3.05, 3.63) is 168 Å². The van der Waals surface area contributed by atoms with E-state index < -0.39 is 0 Å². The monoisotopic (exact) mass is 692 g/mol. The third-order valence-corrected chi connectivity index (χ3v) is 12.0. The van der Waals surface area contributed by atoms with E-state index in [0.29, 0.717) is 0 Å². The Bertz CT molecular complexity index is 3050. The molecule has 0 aliphatic carbocycles. The normalized spacial score (nSPS) is 12.4. The van der Waals surface area contributed by atoms with Crippen LogP contribution in [0.15, 0.2) is 146 Å². The van der Waals surface area contributed by atoms with E-state index in [-0.39, 0.29) is 0 Å². The van der Waals surface area contributed by atoms with E-state index in [1.807, 2.05) is 0 Å². The van der Waals surface area contributed by atoms with Crippen LogP contribution in [0.4, 0.5) is 0 Å². The van der Waals surface area contributed by atoms with Gasteiger partial charge in [0.15, 0.2) is 11.3 Å². The van der Waals surface area contributed by atoms with E-state index in [0.717, 1.165) is 11.3 Å². The molecule has 0 fully saturated rings. The predicted octanol–water partition coefficient (Wildman–Crippen LogP) is 12.9. The number of aromatic nitrogens is 4. The molecule has 0 aliphatic heterocycles. The molecule has 0 unspecified atom stereocenters. The molecule has 0 N–H and O–H groups in total. The Hall–Kier alpha value is -6.78. The fraction of sp³-hybridized carbons (Fsp3) is 0.0800. The first-order chi connectivity index (χ1) is 26.4. The second-order valence-electron chi connectivity index (χ2n) is 15.4. The molecule has 12 aromatic rings. The van der Waals surface area contributed by atoms with Crippen LogP contribution >= 0.6 is 0 Å². The lowest BCUT2D eigenvalue weighted by Crippen LogP contribution is -2.04. The van der Waals surface area contributed by atoms with Gasteiger partial charge in [-0.3, -0.25) is 17.6 Å². The van der Waals surface area contributed by atoms with Crippen LogP contribution in [0.3, 0.4) is 0 Å². The number of rotatable bonds is 4. The summed E-state index contributed by atoms with van der Waals surface area (Å²) in [6.07, 6.45) is 0. The summed E-state index contributed by atoms with van der Waals surface area (Å²) in [6.45, 7) is 8.67. The molecule has 0 saturated heterocycles. The van der Waals surface area contributed by atoms with Crippen molar-refractivity contribution in [2.45, 2.75) is 27.7 Å². The van der Waals surface area contributed by atoms with Crippen LogP contribution in [-0.2, 0) is 0 Å². The van der Waals surface area contributed by atoms with Gasteiger partial charge in [-0.15, -0.1) is 0 Å². The van der Waals surface area contributed by atoms with E-state index in [1.165, 1.54) is 111 Å². The molecule has 0 atom stereocenters. The van der Waals surface area contributed by atoms with Crippen molar-refractivity contribution in [3.8, 4) is 44.5 Å². The summed E-state index contributed by atoms with van der Waals surface area (Å²) in [5.41, 5.74) is 26.7. The Morgan fingerprint density at radius 1 is 0.222 bits per heavy atom. The highest BCUT2D eigenvalue weighted by Gasteiger charge is 2.28. The summed E-state index contributed by atoms with van der Waals surface area (Å²) < 4.78 is 10.3. The van der Waals surface area contributed by atoms with E-state index in [2.05, 4.69) is 191 Å². The van der Waals surface area contributed by atoms with Crippen molar-refractivity contribution in [3.63, 3.8) is 0 Å². The second-order valence-corrected chi connectivity index (χ2v) is 15.4. The highest BCUT2D eigenvalue weighted by molar-refractivity contribution is 6.12. The molecule has 54 heavy (non-hydrogen) atoms. The maximum atomic E-state index is 2.56. The number of hydrogen-bond donors (Lipinski definition) is 0. The first-order valence-electron chi connectivity index (χ1n) is 18.9. The molecule has 4 nitrogen and oxygen atoms in total. The van der Waals surface area contributed by atoms with Crippen molar-refractivity contribution >= 4 is 55.4 Å². The largest absolute Gasteiger partial charge is 0.292 e. The molecule has 4 aromatic carbocycles. The van der Waals surface area contributed by atoms with Crippen LogP contribution in [0, 0.1) is 27.7 Å². The lowest BCUT2D eigenvalue weighted by molar-refractivity contribution is 1.14. The molecular weight excluding hydrogens is 657 g/mol. The van der Waals surface area contributed by atoms with Gasteiger partial charge in [-0.2, -0.15) is 0 Å². The third kappa shape index (κ3) is 3.77. The minimum absolute atomic E-state index is 1.15. The van der Waals surface area contributed by atoms with Gasteiger partial charge in [-0.25, -0.2) is 0 Å². The molecule has 0 radical (unpaired) electrons. The fourth-order valence-corrected chi connectivity index (χ4v) is 9.41. The fourth-order valence-electron chi connectivity index (χ4n) is 9.41. The number of nitrogens with zero attached hydrogens (tertiary/aromatic N) is 4. The Morgan fingerprint density at radius 3 is 0.556 bits per heavy atom. The Kier molecular flexibility index (Phi) is 5.74. The van der Waals surface area contributed by atoms with Gasteiger partial charge < -0.3 is 0 Å². The summed E-state index contributed by atoms with van der Waals surface area (Å²) >= 11 is 0. The zero-order valence-electron chi connectivity index (χ0n) is 30.6. The van der Waals surface area contributed by atoms with Crippen LogP contribution < -0.4 is 0 Å². The molecule has 256 valence electrons. The topological polar surface area (TPSA) is 17.6 Å². The quantitative estimate of drug-likeness (QED) is 0.175. The maximum Gasteiger partial charge on any atom is 0.166 e. The summed E-state index contributed by atoms with van der Waals surface area (Å²) in [6, 6.07) is 55.1. The molecule has 0 aliphatic rings. The number of hydrogen-bond acceptors (Lipinski definition) is 0. The zero-order valence-corrected chi connectivity index (χ0v) is 30.6. The van der Waals surface area contributed by atoms with Crippen LogP contribution in [0.2, 0.25) is 0 Å². The van der Waals surface area contributed by atoms with Gasteiger partial charge >= 0.3 is 0 Å². The van der Waals surface area contributed by atoms with Gasteiger partial charge in [0.2, 0.25) is 0 Å². The first-order valence-corrected chi connectivity index (χ1v) is 18.9. The minimum Gasteiger partial charge on any atom is -0.292 e. The SMILES string of the molecule is Cc1ccc(-c2c3ccc4c(-c5ccc(C)cc5)c5ccc6c(-c7ccc(C)cc7)c7ccc8c(-c9ccc(C)cc9)c9ccc2n9c(c(n65)n78)n34)cc1. The zero-order chi connectivity index (χ0) is 36.0. The van der Waals surface area contributed by atoms with Gasteiger partial charge in [0, 0.05) is 22.3 Å². The smallest absolute Gasteiger partial charge is 0.166 e. The van der Waals surface area contributed by atoms with Gasteiger partial charge in [0.1, 0.15) is 0 Å². The Morgan fingerprint density at radius 2 is 0.389 bits per heavy atom. The van der Waals surface area contributed by atoms with Crippen LogP contribution in [0.1, 0.15) is 22.3 Å². The predicted molar refractivity (Wildman–Crippen MR) is 226 cm³/mol. The van der Waals surface area contributed by atoms with E-state index in [1.54, 1.807) is 0 Å². The summed E-state index contributed by atoms with van der Waals surface area (Å²) in [5.74, 6) is 0. The maximum absolute atomic E-state index is 2.56. The Labute approximate surface area is 312 Å². The van der Waals surface area contributed by atoms with Crippen molar-refractivity contribution in [2.24, 2.45) is 0 Å². The lowest BCUT2D eigenvalue weighted by atomic mass is 10.0. The molecule has 0 bridgehead atoms.